The first-order valence-corrected chi connectivity index (χ1v) is 19.8. The zero-order valence-electron chi connectivity index (χ0n) is 32.9. The summed E-state index contributed by atoms with van der Waals surface area (Å²) in [6, 6.07) is 27.3. The quantitative estimate of drug-likeness (QED) is 0.0979. The van der Waals surface area contributed by atoms with E-state index in [1.54, 1.807) is 32.5 Å². The van der Waals surface area contributed by atoms with Gasteiger partial charge in [0.25, 0.3) is 14.4 Å². The third-order valence-electron chi connectivity index (χ3n) is 9.78. The highest BCUT2D eigenvalue weighted by molar-refractivity contribution is 7.44. The van der Waals surface area contributed by atoms with Gasteiger partial charge in [0.2, 0.25) is 5.96 Å². The van der Waals surface area contributed by atoms with E-state index in [1.165, 1.54) is 0 Å². The molecule has 0 bridgehead atoms. The number of amides is 1. The average Bonchev–Trinajstić information content (AvgIpc) is 3.83. The number of carbonyl (C=O) groups is 1. The van der Waals surface area contributed by atoms with Crippen LogP contribution in [0.25, 0.3) is 0 Å². The van der Waals surface area contributed by atoms with Gasteiger partial charge in [-0.2, -0.15) is 10.3 Å². The maximum absolute atomic E-state index is 12.9. The van der Waals surface area contributed by atoms with Crippen molar-refractivity contribution in [3.05, 3.63) is 95.6 Å². The number of hydrogen-bond donors (Lipinski definition) is 1. The van der Waals surface area contributed by atoms with Crippen molar-refractivity contribution in [2.75, 3.05) is 34.5 Å². The van der Waals surface area contributed by atoms with Crippen molar-refractivity contribution >= 4 is 32.6 Å². The largest absolute Gasteiger partial charge is 0.497 e. The summed E-state index contributed by atoms with van der Waals surface area (Å²) in [5, 5.41) is 12.0. The van der Waals surface area contributed by atoms with E-state index in [-0.39, 0.29) is 43.6 Å². The van der Waals surface area contributed by atoms with Gasteiger partial charge in [0.1, 0.15) is 29.4 Å². The molecule has 15 heteroatoms. The summed E-state index contributed by atoms with van der Waals surface area (Å²) in [5.41, 5.74) is 1.54. The van der Waals surface area contributed by atoms with Gasteiger partial charge in [0.05, 0.1) is 52.4 Å². The van der Waals surface area contributed by atoms with Crippen molar-refractivity contribution in [3.63, 3.8) is 0 Å². The van der Waals surface area contributed by atoms with Crippen molar-refractivity contribution in [1.29, 1.82) is 5.26 Å². The van der Waals surface area contributed by atoms with Gasteiger partial charge in [-0.1, -0.05) is 54.6 Å². The first-order chi connectivity index (χ1) is 27.1. The van der Waals surface area contributed by atoms with Gasteiger partial charge < -0.3 is 28.0 Å². The lowest BCUT2D eigenvalue weighted by Gasteiger charge is -2.39. The van der Waals surface area contributed by atoms with Crippen LogP contribution < -0.4 is 14.8 Å². The highest BCUT2D eigenvalue weighted by Crippen LogP contribution is 2.50. The number of nitriles is 1. The Bertz CT molecular complexity index is 1860. The Morgan fingerprint density at radius 3 is 2.14 bits per heavy atom. The number of rotatable bonds is 17. The maximum atomic E-state index is 12.9. The summed E-state index contributed by atoms with van der Waals surface area (Å²) in [7, 11) is 3.20. The molecular weight excluding hydrogens is 733 g/mol. The van der Waals surface area contributed by atoms with Crippen LogP contribution in [0.2, 0.25) is 0 Å². The SMILES string of the molecule is CN=C1N=C2C(N=CN2C2CC(OP(OCCC#N)N(C(C)C)C(C)C)C(COC(c3ccccc3)(c3ccc(OC)cc3)c3ccc(OC)cc3)O2)C(=O)N1. The summed E-state index contributed by atoms with van der Waals surface area (Å²) in [6.07, 6.45) is 0.408. The Hall–Kier alpha value is -4.74. The Labute approximate surface area is 330 Å². The van der Waals surface area contributed by atoms with Gasteiger partial charge >= 0.3 is 0 Å². The molecule has 0 aliphatic carbocycles. The van der Waals surface area contributed by atoms with Crippen molar-refractivity contribution in [2.45, 2.75) is 82.7 Å². The van der Waals surface area contributed by atoms with E-state index >= 15 is 0 Å². The molecule has 1 N–H and O–H groups in total. The van der Waals surface area contributed by atoms with Crippen LogP contribution in [0.4, 0.5) is 0 Å². The molecule has 5 unspecified atom stereocenters. The smallest absolute Gasteiger partial charge is 0.259 e. The molecule has 5 atom stereocenters. The van der Waals surface area contributed by atoms with E-state index < -0.39 is 38.6 Å². The van der Waals surface area contributed by atoms with Gasteiger partial charge in [-0.15, -0.1) is 0 Å². The van der Waals surface area contributed by atoms with Gasteiger partial charge in [0.15, 0.2) is 11.9 Å². The van der Waals surface area contributed by atoms with Crippen LogP contribution in [0.15, 0.2) is 93.8 Å². The predicted octanol–water partition coefficient (Wildman–Crippen LogP) is 6.02. The summed E-state index contributed by atoms with van der Waals surface area (Å²) in [6.45, 7) is 8.69. The Kier molecular flexibility index (Phi) is 13.5. The Balaban J connectivity index is 1.41. The third kappa shape index (κ3) is 8.64. The number of benzene rings is 3. The van der Waals surface area contributed by atoms with E-state index in [4.69, 9.17) is 28.0 Å². The third-order valence-corrected chi connectivity index (χ3v) is 11.9. The summed E-state index contributed by atoms with van der Waals surface area (Å²) < 4.78 is 40.8. The summed E-state index contributed by atoms with van der Waals surface area (Å²) in [4.78, 5) is 27.9. The molecule has 0 spiro atoms. The monoisotopic (exact) mass is 783 g/mol. The van der Waals surface area contributed by atoms with Crippen molar-refractivity contribution < 1.29 is 32.8 Å². The molecule has 6 rings (SSSR count). The van der Waals surface area contributed by atoms with Gasteiger partial charge in [-0.25, -0.2) is 4.67 Å². The standard InChI is InChI=1S/C41H50N7O7P/c1-27(2)48(28(3)4)56(53-23-11-22-42)55-34-24-36(47-26-44-37-38(47)45-40(43-5)46-39(37)49)54-35(34)25-52-41(29-12-9-8-10-13-29,30-14-18-32(50-6)19-15-30)31-16-20-33(51-7)21-17-31/h8-10,12-21,26-28,34-37H,11,23-25H2,1-7H3,(H,43,46,49). The molecule has 14 nitrogen and oxygen atoms in total. The Morgan fingerprint density at radius 1 is 0.982 bits per heavy atom. The molecule has 3 aliphatic heterocycles. The lowest BCUT2D eigenvalue weighted by molar-refractivity contribution is -0.119. The van der Waals surface area contributed by atoms with Crippen LogP contribution in [0.5, 0.6) is 11.5 Å². The molecule has 1 fully saturated rings. The van der Waals surface area contributed by atoms with Crippen LogP contribution in [0, 0.1) is 11.3 Å². The van der Waals surface area contributed by atoms with E-state index in [0.717, 1.165) is 16.7 Å². The van der Waals surface area contributed by atoms with Crippen LogP contribution >= 0.6 is 8.53 Å². The first kappa shape index (κ1) is 40.9. The Morgan fingerprint density at radius 2 is 1.59 bits per heavy atom. The van der Waals surface area contributed by atoms with Crippen LogP contribution in [0.3, 0.4) is 0 Å². The van der Waals surface area contributed by atoms with E-state index in [1.807, 2.05) is 78.9 Å². The number of nitrogens with one attached hydrogen (secondary N) is 1. The molecule has 3 aliphatic rings. The average molecular weight is 784 g/mol. The van der Waals surface area contributed by atoms with Crippen molar-refractivity contribution in [2.24, 2.45) is 15.0 Å². The lowest BCUT2D eigenvalue weighted by atomic mass is 9.80. The van der Waals surface area contributed by atoms with E-state index in [0.29, 0.717) is 23.8 Å². The number of nitrogens with zero attached hydrogens (tertiary/aromatic N) is 6. The number of ether oxygens (including phenoxy) is 4. The van der Waals surface area contributed by atoms with Gasteiger partial charge in [0, 0.05) is 25.6 Å². The zero-order chi connectivity index (χ0) is 39.8. The fourth-order valence-corrected chi connectivity index (χ4v) is 8.93. The fraction of sp³-hybridized carbons (Fsp3) is 0.439. The predicted molar refractivity (Wildman–Crippen MR) is 215 cm³/mol. The van der Waals surface area contributed by atoms with Gasteiger partial charge in [-0.3, -0.25) is 25.0 Å². The molecule has 1 amide bonds. The fourth-order valence-electron chi connectivity index (χ4n) is 7.18. The normalized spacial score (nSPS) is 22.0. The number of amidine groups is 1. The second-order valence-electron chi connectivity index (χ2n) is 14.0. The van der Waals surface area contributed by atoms with E-state index in [9.17, 15) is 10.1 Å². The number of aliphatic imine (C=N–C) groups is 3. The lowest BCUT2D eigenvalue weighted by Crippen LogP contribution is -2.51. The number of guanidine groups is 1. The molecule has 3 heterocycles. The molecular formula is C41H50N7O7P. The molecule has 0 saturated carbocycles. The molecule has 1 saturated heterocycles. The van der Waals surface area contributed by atoms with Crippen molar-refractivity contribution in [3.8, 4) is 17.6 Å². The number of methoxy groups -OCH3 is 2. The second-order valence-corrected chi connectivity index (χ2v) is 15.4. The minimum atomic E-state index is -1.64. The summed E-state index contributed by atoms with van der Waals surface area (Å²) >= 11 is 0. The first-order valence-electron chi connectivity index (χ1n) is 18.7. The highest BCUT2D eigenvalue weighted by Gasteiger charge is 2.48. The highest BCUT2D eigenvalue weighted by atomic mass is 31.2. The van der Waals surface area contributed by atoms with Crippen LogP contribution in [-0.4, -0.2) is 105 Å². The van der Waals surface area contributed by atoms with Gasteiger partial charge in [-0.05, 0) is 68.7 Å². The zero-order valence-corrected chi connectivity index (χ0v) is 33.8. The topological polar surface area (TPSA) is 152 Å². The molecule has 3 aromatic rings. The molecule has 0 aromatic heterocycles. The molecule has 56 heavy (non-hydrogen) atoms. The summed E-state index contributed by atoms with van der Waals surface area (Å²) in [5.74, 6) is 1.74. The minimum Gasteiger partial charge on any atom is -0.497 e. The maximum Gasteiger partial charge on any atom is 0.259 e. The van der Waals surface area contributed by atoms with E-state index in [2.05, 4.69) is 58.7 Å². The molecule has 296 valence electrons. The second kappa shape index (κ2) is 18.5. The molecule has 3 aromatic carbocycles. The number of hydrogen-bond acceptors (Lipinski definition) is 12. The van der Waals surface area contributed by atoms with Crippen LogP contribution in [0.1, 0.15) is 57.2 Å². The van der Waals surface area contributed by atoms with Crippen molar-refractivity contribution in [1.82, 2.24) is 14.9 Å². The number of fused-ring (bicyclic) bond motifs is 1. The molecule has 0 radical (unpaired) electrons. The van der Waals surface area contributed by atoms with Crippen LogP contribution in [-0.2, 0) is 28.9 Å². The number of carbonyl (C=O) groups excluding carboxylic acids is 1. The minimum absolute atomic E-state index is 0.0835.